The van der Waals surface area contributed by atoms with Gasteiger partial charge in [0, 0.05) is 16.1 Å². The van der Waals surface area contributed by atoms with Crippen molar-refractivity contribution >= 4 is 15.9 Å². The van der Waals surface area contributed by atoms with Gasteiger partial charge in [0.05, 0.1) is 7.11 Å². The van der Waals surface area contributed by atoms with Gasteiger partial charge in [-0.25, -0.2) is 0 Å². The van der Waals surface area contributed by atoms with Gasteiger partial charge in [-0.05, 0) is 37.4 Å². The minimum Gasteiger partial charge on any atom is -0.496 e. The van der Waals surface area contributed by atoms with Gasteiger partial charge in [-0.1, -0.05) is 54.6 Å². The Bertz CT molecular complexity index is 435. The Morgan fingerprint density at radius 1 is 1.35 bits per heavy atom. The second-order valence-electron chi connectivity index (χ2n) is 5.77. The highest BCUT2D eigenvalue weighted by Gasteiger charge is 2.32. The quantitative estimate of drug-likeness (QED) is 0.820. The van der Waals surface area contributed by atoms with E-state index < -0.39 is 0 Å². The fourth-order valence-corrected chi connectivity index (χ4v) is 4.06. The van der Waals surface area contributed by atoms with Crippen LogP contribution >= 0.6 is 15.9 Å². The summed E-state index contributed by atoms with van der Waals surface area (Å²) in [5.74, 6) is 2.53. The highest BCUT2D eigenvalue weighted by atomic mass is 79.9. The van der Waals surface area contributed by atoms with Crippen LogP contribution in [0.3, 0.4) is 0 Å². The van der Waals surface area contributed by atoms with Crippen LogP contribution in [-0.4, -0.2) is 14.2 Å². The van der Waals surface area contributed by atoms with Gasteiger partial charge in [0.15, 0.2) is 0 Å². The lowest BCUT2D eigenvalue weighted by molar-refractivity contribution is 0.178. The summed E-state index contributed by atoms with van der Waals surface area (Å²) in [7, 11) is 3.84. The van der Waals surface area contributed by atoms with Crippen LogP contribution in [0.15, 0.2) is 22.7 Å². The van der Waals surface area contributed by atoms with Crippen molar-refractivity contribution in [1.82, 2.24) is 5.32 Å². The van der Waals surface area contributed by atoms with Gasteiger partial charge in [-0.2, -0.15) is 0 Å². The Hall–Kier alpha value is -0.540. The fraction of sp³-hybridized carbons (Fsp3) is 0.647. The van der Waals surface area contributed by atoms with E-state index in [1.54, 1.807) is 7.11 Å². The molecule has 0 heterocycles. The molecule has 0 amide bonds. The van der Waals surface area contributed by atoms with Crippen molar-refractivity contribution in [2.45, 2.75) is 45.1 Å². The summed E-state index contributed by atoms with van der Waals surface area (Å²) >= 11 is 3.53. The van der Waals surface area contributed by atoms with E-state index in [1.165, 1.54) is 37.7 Å². The number of ether oxygens (including phenoxy) is 1. The Morgan fingerprint density at radius 2 is 2.10 bits per heavy atom. The van der Waals surface area contributed by atoms with E-state index in [0.717, 1.165) is 16.1 Å². The van der Waals surface area contributed by atoms with E-state index in [0.29, 0.717) is 12.0 Å². The molecule has 3 atom stereocenters. The first kappa shape index (κ1) is 15.8. The molecule has 3 heteroatoms. The normalized spacial score (nSPS) is 24.4. The van der Waals surface area contributed by atoms with Crippen molar-refractivity contribution in [2.75, 3.05) is 14.2 Å². The lowest BCUT2D eigenvalue weighted by Crippen LogP contribution is -2.32. The second kappa shape index (κ2) is 7.46. The number of nitrogens with one attached hydrogen (secondary N) is 1. The van der Waals surface area contributed by atoms with Crippen molar-refractivity contribution in [1.29, 1.82) is 0 Å². The Kier molecular flexibility index (Phi) is 5.91. The SMILES string of the molecule is CCC1CCCCC1C(NC)c1ccc(Br)cc1OC. The largest absolute Gasteiger partial charge is 0.496 e. The monoisotopic (exact) mass is 339 g/mol. The standard InChI is InChI=1S/C17H26BrNO/c1-4-12-7-5-6-8-14(12)17(19-2)15-10-9-13(18)11-16(15)20-3/h9-12,14,17,19H,4-8H2,1-3H3. The molecule has 1 aromatic carbocycles. The van der Waals surface area contributed by atoms with Crippen molar-refractivity contribution in [3.63, 3.8) is 0 Å². The summed E-state index contributed by atoms with van der Waals surface area (Å²) in [4.78, 5) is 0. The predicted octanol–water partition coefficient (Wildman–Crippen LogP) is 4.93. The van der Waals surface area contributed by atoms with Crippen molar-refractivity contribution in [2.24, 2.45) is 11.8 Å². The first-order valence-electron chi connectivity index (χ1n) is 7.72. The van der Waals surface area contributed by atoms with E-state index >= 15 is 0 Å². The fourth-order valence-electron chi connectivity index (χ4n) is 3.72. The average Bonchev–Trinajstić information content (AvgIpc) is 2.49. The minimum absolute atomic E-state index is 0.392. The second-order valence-corrected chi connectivity index (χ2v) is 6.68. The molecular formula is C17H26BrNO. The number of hydrogen-bond donors (Lipinski definition) is 1. The van der Waals surface area contributed by atoms with Gasteiger partial charge in [0.2, 0.25) is 0 Å². The molecule has 1 aliphatic carbocycles. The molecule has 0 aromatic heterocycles. The smallest absolute Gasteiger partial charge is 0.124 e. The van der Waals surface area contributed by atoms with Crippen LogP contribution in [0.25, 0.3) is 0 Å². The number of halogens is 1. The molecule has 1 N–H and O–H groups in total. The molecule has 0 saturated heterocycles. The summed E-state index contributed by atoms with van der Waals surface area (Å²) in [6, 6.07) is 6.78. The van der Waals surface area contributed by atoms with Crippen LogP contribution in [0, 0.1) is 11.8 Å². The van der Waals surface area contributed by atoms with E-state index in [1.807, 2.05) is 0 Å². The lowest BCUT2D eigenvalue weighted by atomic mass is 9.72. The van der Waals surface area contributed by atoms with E-state index in [2.05, 4.69) is 53.4 Å². The van der Waals surface area contributed by atoms with Crippen molar-refractivity contribution in [3.05, 3.63) is 28.2 Å². The Balaban J connectivity index is 2.31. The zero-order valence-electron chi connectivity index (χ0n) is 12.8. The molecule has 3 unspecified atom stereocenters. The van der Waals surface area contributed by atoms with Crippen molar-refractivity contribution in [3.8, 4) is 5.75 Å². The third kappa shape index (κ3) is 3.37. The maximum atomic E-state index is 5.60. The number of rotatable bonds is 5. The molecule has 1 fully saturated rings. The third-order valence-corrected chi connectivity index (χ3v) is 5.26. The summed E-state index contributed by atoms with van der Waals surface area (Å²) < 4.78 is 6.67. The summed E-state index contributed by atoms with van der Waals surface area (Å²) in [5, 5.41) is 3.55. The molecule has 0 radical (unpaired) electrons. The van der Waals surface area contributed by atoms with Gasteiger partial charge in [0.1, 0.15) is 5.75 Å². The topological polar surface area (TPSA) is 21.3 Å². The molecule has 2 rings (SSSR count). The summed E-state index contributed by atoms with van der Waals surface area (Å²) in [5.41, 5.74) is 1.29. The first-order chi connectivity index (χ1) is 9.71. The number of benzene rings is 1. The molecule has 0 bridgehead atoms. The average molecular weight is 340 g/mol. The first-order valence-corrected chi connectivity index (χ1v) is 8.51. The van der Waals surface area contributed by atoms with Gasteiger partial charge in [-0.3, -0.25) is 0 Å². The Labute approximate surface area is 131 Å². The van der Waals surface area contributed by atoms with Gasteiger partial charge in [0.25, 0.3) is 0 Å². The van der Waals surface area contributed by atoms with Crippen molar-refractivity contribution < 1.29 is 4.74 Å². The maximum absolute atomic E-state index is 5.60. The third-order valence-electron chi connectivity index (χ3n) is 4.76. The highest BCUT2D eigenvalue weighted by Crippen LogP contribution is 2.42. The molecule has 0 spiro atoms. The molecule has 1 saturated carbocycles. The molecule has 2 nitrogen and oxygen atoms in total. The molecule has 1 aromatic rings. The van der Waals surface area contributed by atoms with Crippen LogP contribution in [0.2, 0.25) is 0 Å². The molecule has 1 aliphatic rings. The Morgan fingerprint density at radius 3 is 2.75 bits per heavy atom. The van der Waals surface area contributed by atoms with Crippen LogP contribution in [0.5, 0.6) is 5.75 Å². The predicted molar refractivity (Wildman–Crippen MR) is 88.2 cm³/mol. The van der Waals surface area contributed by atoms with Crippen LogP contribution in [0.1, 0.15) is 50.6 Å². The molecule has 0 aliphatic heterocycles. The van der Waals surface area contributed by atoms with Gasteiger partial charge >= 0.3 is 0 Å². The van der Waals surface area contributed by atoms with Gasteiger partial charge < -0.3 is 10.1 Å². The van der Waals surface area contributed by atoms with Crippen LogP contribution < -0.4 is 10.1 Å². The summed E-state index contributed by atoms with van der Waals surface area (Å²) in [6.07, 6.45) is 6.73. The zero-order valence-corrected chi connectivity index (χ0v) is 14.4. The zero-order chi connectivity index (χ0) is 14.5. The number of hydrogen-bond acceptors (Lipinski definition) is 2. The molecule has 20 heavy (non-hydrogen) atoms. The summed E-state index contributed by atoms with van der Waals surface area (Å²) in [6.45, 7) is 2.33. The van der Waals surface area contributed by atoms with Crippen LogP contribution in [-0.2, 0) is 0 Å². The highest BCUT2D eigenvalue weighted by molar-refractivity contribution is 9.10. The van der Waals surface area contributed by atoms with E-state index in [9.17, 15) is 0 Å². The lowest BCUT2D eigenvalue weighted by Gasteiger charge is -2.37. The number of methoxy groups -OCH3 is 1. The van der Waals surface area contributed by atoms with Crippen LogP contribution in [0.4, 0.5) is 0 Å². The maximum Gasteiger partial charge on any atom is 0.124 e. The minimum atomic E-state index is 0.392. The van der Waals surface area contributed by atoms with E-state index in [4.69, 9.17) is 4.74 Å². The molecule has 112 valence electrons. The molecular weight excluding hydrogens is 314 g/mol. The van der Waals surface area contributed by atoms with E-state index in [-0.39, 0.29) is 0 Å². The van der Waals surface area contributed by atoms with Gasteiger partial charge in [-0.15, -0.1) is 0 Å².